The standard InChI is InChI=1S/C15H14BrNO2/c1-19-15(18)9-6-7-11-13(8-9)17-12-5-3-2-4-10(12)14(11)16/h6-8H,2-5H2,1H3. The molecule has 98 valence electrons. The van der Waals surface area contributed by atoms with E-state index in [0.29, 0.717) is 5.56 Å². The number of ether oxygens (including phenoxy) is 1. The molecule has 1 heterocycles. The summed E-state index contributed by atoms with van der Waals surface area (Å²) in [4.78, 5) is 16.3. The van der Waals surface area contributed by atoms with E-state index in [9.17, 15) is 4.79 Å². The van der Waals surface area contributed by atoms with E-state index < -0.39 is 0 Å². The number of hydrogen-bond donors (Lipinski definition) is 0. The van der Waals surface area contributed by atoms with Gasteiger partial charge >= 0.3 is 5.97 Å². The Morgan fingerprint density at radius 1 is 1.32 bits per heavy atom. The van der Waals surface area contributed by atoms with Crippen molar-refractivity contribution in [3.63, 3.8) is 0 Å². The number of pyridine rings is 1. The van der Waals surface area contributed by atoms with Crippen LogP contribution in [0.25, 0.3) is 10.9 Å². The minimum Gasteiger partial charge on any atom is -0.465 e. The Morgan fingerprint density at radius 2 is 2.11 bits per heavy atom. The summed E-state index contributed by atoms with van der Waals surface area (Å²) in [6, 6.07) is 5.53. The Labute approximate surface area is 120 Å². The van der Waals surface area contributed by atoms with Crippen LogP contribution in [0.15, 0.2) is 22.7 Å². The van der Waals surface area contributed by atoms with Crippen molar-refractivity contribution in [1.82, 2.24) is 4.98 Å². The molecule has 1 aliphatic rings. The minimum atomic E-state index is -0.322. The number of hydrogen-bond acceptors (Lipinski definition) is 3. The predicted molar refractivity (Wildman–Crippen MR) is 77.4 cm³/mol. The lowest BCUT2D eigenvalue weighted by atomic mass is 9.94. The number of nitrogens with zero attached hydrogens (tertiary/aromatic N) is 1. The van der Waals surface area contributed by atoms with Gasteiger partial charge in [0, 0.05) is 15.6 Å². The lowest BCUT2D eigenvalue weighted by Gasteiger charge is -2.18. The van der Waals surface area contributed by atoms with E-state index in [2.05, 4.69) is 15.9 Å². The summed E-state index contributed by atoms with van der Waals surface area (Å²) in [6.07, 6.45) is 4.51. The van der Waals surface area contributed by atoms with Crippen molar-refractivity contribution in [2.24, 2.45) is 0 Å². The fourth-order valence-corrected chi connectivity index (χ4v) is 3.37. The summed E-state index contributed by atoms with van der Waals surface area (Å²) in [5.41, 5.74) is 3.89. The number of benzene rings is 1. The van der Waals surface area contributed by atoms with E-state index in [4.69, 9.17) is 9.72 Å². The van der Waals surface area contributed by atoms with Crippen molar-refractivity contribution < 1.29 is 9.53 Å². The maximum Gasteiger partial charge on any atom is 0.337 e. The van der Waals surface area contributed by atoms with Crippen LogP contribution in [0.5, 0.6) is 0 Å². The number of esters is 1. The van der Waals surface area contributed by atoms with Crippen molar-refractivity contribution in [3.8, 4) is 0 Å². The normalized spacial score (nSPS) is 14.2. The molecule has 3 nitrogen and oxygen atoms in total. The van der Waals surface area contributed by atoms with Crippen molar-refractivity contribution in [2.45, 2.75) is 25.7 Å². The van der Waals surface area contributed by atoms with Gasteiger partial charge in [-0.05, 0) is 59.3 Å². The van der Waals surface area contributed by atoms with Crippen LogP contribution in [0.1, 0.15) is 34.5 Å². The molecule has 0 spiro atoms. The van der Waals surface area contributed by atoms with Crippen LogP contribution in [-0.2, 0) is 17.6 Å². The van der Waals surface area contributed by atoms with Crippen LogP contribution in [-0.4, -0.2) is 18.1 Å². The van der Waals surface area contributed by atoms with E-state index >= 15 is 0 Å². The fourth-order valence-electron chi connectivity index (χ4n) is 2.61. The van der Waals surface area contributed by atoms with Crippen molar-refractivity contribution in [3.05, 3.63) is 39.5 Å². The monoisotopic (exact) mass is 319 g/mol. The lowest BCUT2D eigenvalue weighted by molar-refractivity contribution is 0.0601. The molecule has 0 N–H and O–H groups in total. The Kier molecular flexibility index (Phi) is 3.27. The van der Waals surface area contributed by atoms with Gasteiger partial charge in [0.1, 0.15) is 0 Å². The first-order chi connectivity index (χ1) is 9.20. The molecule has 0 bridgehead atoms. The van der Waals surface area contributed by atoms with Gasteiger partial charge in [0.25, 0.3) is 0 Å². The van der Waals surface area contributed by atoms with Crippen LogP contribution >= 0.6 is 15.9 Å². The molecule has 1 aromatic heterocycles. The summed E-state index contributed by atoms with van der Waals surface area (Å²) in [7, 11) is 1.39. The number of carbonyl (C=O) groups is 1. The average Bonchev–Trinajstić information content (AvgIpc) is 2.46. The molecule has 2 aromatic rings. The number of methoxy groups -OCH3 is 1. The molecule has 0 amide bonds. The van der Waals surface area contributed by atoms with Gasteiger partial charge in [-0.2, -0.15) is 0 Å². The second-order valence-electron chi connectivity index (χ2n) is 4.78. The van der Waals surface area contributed by atoms with Crippen molar-refractivity contribution in [1.29, 1.82) is 0 Å². The second kappa shape index (κ2) is 4.93. The molecule has 0 atom stereocenters. The number of aromatic nitrogens is 1. The Morgan fingerprint density at radius 3 is 2.89 bits per heavy atom. The Balaban J connectivity index is 2.21. The van der Waals surface area contributed by atoms with Gasteiger partial charge in [-0.3, -0.25) is 4.98 Å². The maximum atomic E-state index is 11.6. The number of rotatable bonds is 1. The topological polar surface area (TPSA) is 39.2 Å². The summed E-state index contributed by atoms with van der Waals surface area (Å²) in [5.74, 6) is -0.322. The molecule has 19 heavy (non-hydrogen) atoms. The highest BCUT2D eigenvalue weighted by Gasteiger charge is 2.17. The minimum absolute atomic E-state index is 0.322. The zero-order valence-corrected chi connectivity index (χ0v) is 12.3. The van der Waals surface area contributed by atoms with Crippen LogP contribution in [0.3, 0.4) is 0 Å². The molecular weight excluding hydrogens is 306 g/mol. The van der Waals surface area contributed by atoms with Crippen LogP contribution in [0.4, 0.5) is 0 Å². The van der Waals surface area contributed by atoms with Gasteiger partial charge in [-0.25, -0.2) is 4.79 Å². The maximum absolute atomic E-state index is 11.6. The number of halogens is 1. The molecule has 0 aliphatic heterocycles. The van der Waals surface area contributed by atoms with Crippen LogP contribution < -0.4 is 0 Å². The fraction of sp³-hybridized carbons (Fsp3) is 0.333. The van der Waals surface area contributed by atoms with Crippen LogP contribution in [0.2, 0.25) is 0 Å². The van der Waals surface area contributed by atoms with Gasteiger partial charge in [-0.15, -0.1) is 0 Å². The summed E-state index contributed by atoms with van der Waals surface area (Å²) >= 11 is 3.69. The molecule has 1 aromatic carbocycles. The number of aryl methyl sites for hydroxylation is 1. The molecule has 3 rings (SSSR count). The molecule has 4 heteroatoms. The molecule has 0 unspecified atom stereocenters. The second-order valence-corrected chi connectivity index (χ2v) is 5.57. The first-order valence-electron chi connectivity index (χ1n) is 6.40. The highest BCUT2D eigenvalue weighted by Crippen LogP contribution is 2.33. The molecule has 0 fully saturated rings. The quantitative estimate of drug-likeness (QED) is 0.753. The molecule has 0 saturated heterocycles. The average molecular weight is 320 g/mol. The third-order valence-electron chi connectivity index (χ3n) is 3.61. The van der Waals surface area contributed by atoms with E-state index in [-0.39, 0.29) is 5.97 Å². The smallest absolute Gasteiger partial charge is 0.337 e. The SMILES string of the molecule is COC(=O)c1ccc2c(Br)c3c(nc2c1)CCCC3. The van der Waals surface area contributed by atoms with E-state index in [1.54, 1.807) is 12.1 Å². The van der Waals surface area contributed by atoms with Gasteiger partial charge in [0.2, 0.25) is 0 Å². The number of carbonyl (C=O) groups excluding carboxylic acids is 1. The zero-order valence-electron chi connectivity index (χ0n) is 10.7. The van der Waals surface area contributed by atoms with E-state index in [0.717, 1.165) is 33.9 Å². The Hall–Kier alpha value is -1.42. The highest BCUT2D eigenvalue weighted by atomic mass is 79.9. The van der Waals surface area contributed by atoms with Crippen molar-refractivity contribution in [2.75, 3.05) is 7.11 Å². The first kappa shape index (κ1) is 12.6. The van der Waals surface area contributed by atoms with Gasteiger partial charge in [0.05, 0.1) is 18.2 Å². The first-order valence-corrected chi connectivity index (χ1v) is 7.19. The van der Waals surface area contributed by atoms with E-state index in [1.165, 1.54) is 25.5 Å². The van der Waals surface area contributed by atoms with Gasteiger partial charge in [-0.1, -0.05) is 6.07 Å². The largest absolute Gasteiger partial charge is 0.465 e. The molecular formula is C15H14BrNO2. The third kappa shape index (κ3) is 2.14. The van der Waals surface area contributed by atoms with Gasteiger partial charge < -0.3 is 4.74 Å². The summed E-state index contributed by atoms with van der Waals surface area (Å²) in [5, 5.41) is 1.06. The zero-order chi connectivity index (χ0) is 13.4. The number of fused-ring (bicyclic) bond motifs is 2. The lowest BCUT2D eigenvalue weighted by Crippen LogP contribution is -2.07. The summed E-state index contributed by atoms with van der Waals surface area (Å²) in [6.45, 7) is 0. The van der Waals surface area contributed by atoms with E-state index in [1.807, 2.05) is 6.07 Å². The third-order valence-corrected chi connectivity index (χ3v) is 4.52. The van der Waals surface area contributed by atoms with Crippen LogP contribution in [0, 0.1) is 0 Å². The van der Waals surface area contributed by atoms with Gasteiger partial charge in [0.15, 0.2) is 0 Å². The van der Waals surface area contributed by atoms with Crippen molar-refractivity contribution >= 4 is 32.8 Å². The Bertz CT molecular complexity index is 667. The predicted octanol–water partition coefficient (Wildman–Crippen LogP) is 3.66. The molecule has 1 aliphatic carbocycles. The summed E-state index contributed by atoms with van der Waals surface area (Å²) < 4.78 is 5.88. The molecule has 0 radical (unpaired) electrons. The molecule has 0 saturated carbocycles. The highest BCUT2D eigenvalue weighted by molar-refractivity contribution is 9.10.